The number of benzene rings is 1. The Balaban J connectivity index is 2.59. The smallest absolute Gasteiger partial charge is 0.378 e. The highest BCUT2D eigenvalue weighted by molar-refractivity contribution is 5.53. The van der Waals surface area contributed by atoms with E-state index < -0.39 is 17.2 Å². The number of rotatable bonds is 3. The number of nitrogens with zero attached hydrogens (tertiary/aromatic N) is 1. The van der Waals surface area contributed by atoms with Gasteiger partial charge in [0, 0.05) is 31.7 Å². The Morgan fingerprint density at radius 2 is 1.76 bits per heavy atom. The molecule has 1 fully saturated rings. The van der Waals surface area contributed by atoms with Gasteiger partial charge in [0.15, 0.2) is 0 Å². The average Bonchev–Trinajstić information content (AvgIpc) is 2.46. The predicted octanol–water partition coefficient (Wildman–Crippen LogP) is 3.93. The summed E-state index contributed by atoms with van der Waals surface area (Å²) in [7, 11) is 3.67. The molecule has 1 aliphatic rings. The molecule has 1 aliphatic carbocycles. The zero-order valence-electron chi connectivity index (χ0n) is 12.6. The van der Waals surface area contributed by atoms with Crippen LogP contribution in [-0.4, -0.2) is 20.6 Å². The van der Waals surface area contributed by atoms with Gasteiger partial charge in [0.25, 0.3) is 0 Å². The van der Waals surface area contributed by atoms with Crippen molar-refractivity contribution in [1.82, 2.24) is 0 Å². The largest absolute Gasteiger partial charge is 0.416 e. The molecule has 0 saturated heterocycles. The van der Waals surface area contributed by atoms with Gasteiger partial charge in [-0.2, -0.15) is 13.2 Å². The molecule has 0 unspecified atom stereocenters. The molecule has 0 aromatic heterocycles. The van der Waals surface area contributed by atoms with Crippen molar-refractivity contribution in [2.75, 3.05) is 25.5 Å². The highest BCUT2D eigenvalue weighted by Crippen LogP contribution is 2.45. The number of alkyl halides is 3. The highest BCUT2D eigenvalue weighted by Gasteiger charge is 2.41. The van der Waals surface area contributed by atoms with Crippen LogP contribution in [0.15, 0.2) is 18.2 Å². The van der Waals surface area contributed by atoms with Crippen molar-refractivity contribution in [3.05, 3.63) is 29.3 Å². The SMILES string of the molecule is CN(C)c1ccc(C(F)(F)F)c(C2(CN)CCCCC2)c1. The topological polar surface area (TPSA) is 29.3 Å². The third-order valence-corrected chi connectivity index (χ3v) is 4.60. The van der Waals surface area contributed by atoms with Gasteiger partial charge in [-0.3, -0.25) is 0 Å². The van der Waals surface area contributed by atoms with Crippen molar-refractivity contribution in [1.29, 1.82) is 0 Å². The first kappa shape index (κ1) is 16.1. The third kappa shape index (κ3) is 3.18. The monoisotopic (exact) mass is 300 g/mol. The number of halogens is 3. The van der Waals surface area contributed by atoms with Gasteiger partial charge >= 0.3 is 6.18 Å². The van der Waals surface area contributed by atoms with E-state index in [0.29, 0.717) is 5.56 Å². The van der Waals surface area contributed by atoms with Crippen LogP contribution < -0.4 is 10.6 Å². The van der Waals surface area contributed by atoms with Crippen LogP contribution >= 0.6 is 0 Å². The van der Waals surface area contributed by atoms with E-state index in [9.17, 15) is 13.2 Å². The maximum absolute atomic E-state index is 13.4. The van der Waals surface area contributed by atoms with Crippen LogP contribution in [0.25, 0.3) is 0 Å². The molecule has 2 rings (SSSR count). The van der Waals surface area contributed by atoms with Gasteiger partial charge in [-0.1, -0.05) is 19.3 Å². The standard InChI is InChI=1S/C16H23F3N2/c1-21(2)12-6-7-13(16(17,18)19)14(10-12)15(11-20)8-4-3-5-9-15/h6-7,10H,3-5,8-9,11,20H2,1-2H3. The zero-order valence-corrected chi connectivity index (χ0v) is 12.6. The molecular weight excluding hydrogens is 277 g/mol. The molecule has 2 nitrogen and oxygen atoms in total. The van der Waals surface area contributed by atoms with Crippen molar-refractivity contribution >= 4 is 5.69 Å². The highest BCUT2D eigenvalue weighted by atomic mass is 19.4. The van der Waals surface area contributed by atoms with Gasteiger partial charge < -0.3 is 10.6 Å². The summed E-state index contributed by atoms with van der Waals surface area (Å²) in [5.41, 5.74) is 6.03. The summed E-state index contributed by atoms with van der Waals surface area (Å²) in [6.07, 6.45) is 0.116. The molecule has 0 aliphatic heterocycles. The van der Waals surface area contributed by atoms with Gasteiger partial charge in [-0.25, -0.2) is 0 Å². The van der Waals surface area contributed by atoms with Gasteiger partial charge in [-0.05, 0) is 36.6 Å². The second-order valence-corrected chi connectivity index (χ2v) is 6.17. The minimum absolute atomic E-state index is 0.271. The van der Waals surface area contributed by atoms with Crippen LogP contribution in [0.2, 0.25) is 0 Å². The molecule has 5 heteroatoms. The van der Waals surface area contributed by atoms with Gasteiger partial charge in [0.05, 0.1) is 5.56 Å². The first-order valence-corrected chi connectivity index (χ1v) is 7.39. The lowest BCUT2D eigenvalue weighted by Gasteiger charge is -2.39. The molecule has 2 N–H and O–H groups in total. The van der Waals surface area contributed by atoms with E-state index in [1.54, 1.807) is 6.07 Å². The second-order valence-electron chi connectivity index (χ2n) is 6.17. The molecule has 0 atom stereocenters. The molecule has 21 heavy (non-hydrogen) atoms. The molecule has 118 valence electrons. The molecule has 0 heterocycles. The van der Waals surface area contributed by atoms with Crippen molar-refractivity contribution < 1.29 is 13.2 Å². The van der Waals surface area contributed by atoms with E-state index in [0.717, 1.165) is 37.8 Å². The molecule has 1 saturated carbocycles. The van der Waals surface area contributed by atoms with Crippen LogP contribution in [0.3, 0.4) is 0 Å². The Labute approximate surface area is 124 Å². The Kier molecular flexibility index (Phi) is 4.51. The molecule has 0 spiro atoms. The van der Waals surface area contributed by atoms with Crippen LogP contribution in [0, 0.1) is 0 Å². The van der Waals surface area contributed by atoms with E-state index in [2.05, 4.69) is 0 Å². The fourth-order valence-corrected chi connectivity index (χ4v) is 3.31. The summed E-state index contributed by atoms with van der Waals surface area (Å²) in [5.74, 6) is 0. The van der Waals surface area contributed by atoms with Crippen molar-refractivity contribution in [2.24, 2.45) is 5.73 Å². The normalized spacial score (nSPS) is 18.6. The molecular formula is C16H23F3N2. The molecule has 0 bridgehead atoms. The Morgan fingerprint density at radius 1 is 1.14 bits per heavy atom. The zero-order chi connectivity index (χ0) is 15.7. The Hall–Kier alpha value is -1.23. The molecule has 1 aromatic rings. The second kappa shape index (κ2) is 5.87. The predicted molar refractivity (Wildman–Crippen MR) is 79.6 cm³/mol. The number of nitrogens with two attached hydrogens (primary N) is 1. The first-order valence-electron chi connectivity index (χ1n) is 7.39. The fraction of sp³-hybridized carbons (Fsp3) is 0.625. The van der Waals surface area contributed by atoms with E-state index in [1.165, 1.54) is 12.1 Å². The van der Waals surface area contributed by atoms with Crippen LogP contribution in [0.5, 0.6) is 0 Å². The van der Waals surface area contributed by atoms with E-state index in [4.69, 9.17) is 5.73 Å². The van der Waals surface area contributed by atoms with Crippen molar-refractivity contribution in [3.63, 3.8) is 0 Å². The average molecular weight is 300 g/mol. The number of hydrogen-bond acceptors (Lipinski definition) is 2. The van der Waals surface area contributed by atoms with Crippen molar-refractivity contribution in [3.8, 4) is 0 Å². The number of hydrogen-bond donors (Lipinski definition) is 1. The number of anilines is 1. The minimum atomic E-state index is -4.33. The van der Waals surface area contributed by atoms with Crippen LogP contribution in [0.4, 0.5) is 18.9 Å². The lowest BCUT2D eigenvalue weighted by atomic mass is 9.68. The Bertz CT molecular complexity index is 489. The lowest BCUT2D eigenvalue weighted by Crippen LogP contribution is -2.39. The quantitative estimate of drug-likeness (QED) is 0.916. The van der Waals surface area contributed by atoms with Gasteiger partial charge in [0.1, 0.15) is 0 Å². The van der Waals surface area contributed by atoms with E-state index >= 15 is 0 Å². The minimum Gasteiger partial charge on any atom is -0.378 e. The summed E-state index contributed by atoms with van der Waals surface area (Å²) in [6, 6.07) is 4.41. The maximum atomic E-state index is 13.4. The Morgan fingerprint density at radius 3 is 2.24 bits per heavy atom. The third-order valence-electron chi connectivity index (χ3n) is 4.60. The molecule has 0 amide bonds. The molecule has 0 radical (unpaired) electrons. The lowest BCUT2D eigenvalue weighted by molar-refractivity contribution is -0.138. The van der Waals surface area contributed by atoms with Crippen LogP contribution in [0.1, 0.15) is 43.2 Å². The summed E-state index contributed by atoms with van der Waals surface area (Å²) in [6.45, 7) is 0.271. The maximum Gasteiger partial charge on any atom is 0.416 e. The van der Waals surface area contributed by atoms with Crippen molar-refractivity contribution in [2.45, 2.75) is 43.7 Å². The summed E-state index contributed by atoms with van der Waals surface area (Å²) in [5, 5.41) is 0. The fourth-order valence-electron chi connectivity index (χ4n) is 3.31. The first-order chi connectivity index (χ1) is 9.80. The van der Waals surface area contributed by atoms with E-state index in [1.807, 2.05) is 19.0 Å². The summed E-state index contributed by atoms with van der Waals surface area (Å²) >= 11 is 0. The molecule has 1 aromatic carbocycles. The summed E-state index contributed by atoms with van der Waals surface area (Å²) < 4.78 is 40.2. The van der Waals surface area contributed by atoms with Crippen LogP contribution in [-0.2, 0) is 11.6 Å². The van der Waals surface area contributed by atoms with Gasteiger partial charge in [0.2, 0.25) is 0 Å². The van der Waals surface area contributed by atoms with E-state index in [-0.39, 0.29) is 6.54 Å². The van der Waals surface area contributed by atoms with Gasteiger partial charge in [-0.15, -0.1) is 0 Å². The summed E-state index contributed by atoms with van der Waals surface area (Å²) in [4.78, 5) is 1.83.